The summed E-state index contributed by atoms with van der Waals surface area (Å²) < 4.78 is 5.92. The number of benzene rings is 1. The molecule has 1 atom stereocenters. The fourth-order valence-electron chi connectivity index (χ4n) is 3.51. The number of rotatable bonds is 6. The van der Waals surface area contributed by atoms with Crippen molar-refractivity contribution < 1.29 is 9.53 Å². The molecule has 5 heteroatoms. The van der Waals surface area contributed by atoms with Crippen LogP contribution in [-0.2, 0) is 16.1 Å². The van der Waals surface area contributed by atoms with Crippen molar-refractivity contribution in [3.63, 3.8) is 0 Å². The van der Waals surface area contributed by atoms with Crippen molar-refractivity contribution in [2.75, 3.05) is 45.9 Å². The maximum atomic E-state index is 12.1. The van der Waals surface area contributed by atoms with Crippen molar-refractivity contribution in [1.29, 1.82) is 0 Å². The summed E-state index contributed by atoms with van der Waals surface area (Å²) in [6.07, 6.45) is 3.56. The first-order valence-electron chi connectivity index (χ1n) is 9.16. The van der Waals surface area contributed by atoms with Gasteiger partial charge in [0, 0.05) is 32.8 Å². The van der Waals surface area contributed by atoms with Crippen molar-refractivity contribution >= 4 is 5.91 Å². The zero-order valence-corrected chi connectivity index (χ0v) is 14.5. The average Bonchev–Trinajstić information content (AvgIpc) is 2.99. The second kappa shape index (κ2) is 9.16. The van der Waals surface area contributed by atoms with E-state index in [0.717, 1.165) is 45.8 Å². The highest BCUT2D eigenvalue weighted by Gasteiger charge is 2.20. The van der Waals surface area contributed by atoms with Crippen LogP contribution in [0, 0.1) is 0 Å². The smallest absolute Gasteiger partial charge is 0.234 e. The van der Waals surface area contributed by atoms with Gasteiger partial charge in [-0.25, -0.2) is 0 Å². The number of nitrogens with zero attached hydrogens (tertiary/aromatic N) is 2. The quantitative estimate of drug-likeness (QED) is 0.858. The molecule has 0 radical (unpaired) electrons. The molecule has 2 heterocycles. The predicted molar refractivity (Wildman–Crippen MR) is 94.8 cm³/mol. The average molecular weight is 331 g/mol. The van der Waals surface area contributed by atoms with Gasteiger partial charge in [0.1, 0.15) is 0 Å². The normalized spacial score (nSPS) is 23.1. The van der Waals surface area contributed by atoms with Gasteiger partial charge in [0.2, 0.25) is 5.91 Å². The fourth-order valence-corrected chi connectivity index (χ4v) is 3.51. The Bertz CT molecular complexity index is 503. The lowest BCUT2D eigenvalue weighted by atomic mass is 10.2. The minimum absolute atomic E-state index is 0.0822. The topological polar surface area (TPSA) is 44.8 Å². The second-order valence-electron chi connectivity index (χ2n) is 6.85. The third-order valence-corrected chi connectivity index (χ3v) is 4.78. The van der Waals surface area contributed by atoms with Crippen molar-refractivity contribution in [1.82, 2.24) is 15.1 Å². The molecule has 1 aromatic carbocycles. The molecule has 24 heavy (non-hydrogen) atoms. The van der Waals surface area contributed by atoms with Gasteiger partial charge >= 0.3 is 0 Å². The van der Waals surface area contributed by atoms with Gasteiger partial charge in [-0.2, -0.15) is 0 Å². The molecule has 2 fully saturated rings. The van der Waals surface area contributed by atoms with Gasteiger partial charge in [0.15, 0.2) is 0 Å². The largest absolute Gasteiger partial charge is 0.375 e. The van der Waals surface area contributed by atoms with Gasteiger partial charge in [-0.1, -0.05) is 30.3 Å². The molecule has 1 N–H and O–H groups in total. The van der Waals surface area contributed by atoms with Crippen LogP contribution < -0.4 is 5.32 Å². The standard InChI is InChI=1S/C19H29N3O2/c23-19(16-21-9-4-5-10-21)20-13-18-15-22(11-6-12-24-18)14-17-7-2-1-3-8-17/h1-3,7-8,18H,4-6,9-16H2,(H,20,23)/t18-/m0/s1. The summed E-state index contributed by atoms with van der Waals surface area (Å²) in [5, 5.41) is 3.06. The minimum Gasteiger partial charge on any atom is -0.375 e. The summed E-state index contributed by atoms with van der Waals surface area (Å²) in [4.78, 5) is 16.7. The number of likely N-dealkylation sites (tertiary alicyclic amines) is 1. The van der Waals surface area contributed by atoms with E-state index in [1.54, 1.807) is 0 Å². The molecule has 2 aliphatic rings. The van der Waals surface area contributed by atoms with Crippen LogP contribution >= 0.6 is 0 Å². The molecule has 3 rings (SSSR count). The molecule has 0 unspecified atom stereocenters. The molecule has 0 aromatic heterocycles. The lowest BCUT2D eigenvalue weighted by molar-refractivity contribution is -0.122. The van der Waals surface area contributed by atoms with Crippen LogP contribution in [0.1, 0.15) is 24.8 Å². The van der Waals surface area contributed by atoms with Crippen LogP contribution in [0.4, 0.5) is 0 Å². The Balaban J connectivity index is 1.43. The maximum absolute atomic E-state index is 12.1. The zero-order chi connectivity index (χ0) is 16.6. The van der Waals surface area contributed by atoms with Crippen molar-refractivity contribution in [2.24, 2.45) is 0 Å². The van der Waals surface area contributed by atoms with E-state index < -0.39 is 0 Å². The number of carbonyl (C=O) groups excluding carboxylic acids is 1. The van der Waals surface area contributed by atoms with Crippen LogP contribution in [0.5, 0.6) is 0 Å². The van der Waals surface area contributed by atoms with Gasteiger partial charge in [0.25, 0.3) is 0 Å². The number of hydrogen-bond acceptors (Lipinski definition) is 4. The number of ether oxygens (including phenoxy) is 1. The second-order valence-corrected chi connectivity index (χ2v) is 6.85. The van der Waals surface area contributed by atoms with E-state index in [0.29, 0.717) is 13.1 Å². The number of hydrogen-bond donors (Lipinski definition) is 1. The summed E-state index contributed by atoms with van der Waals surface area (Å²) in [6, 6.07) is 10.5. The monoisotopic (exact) mass is 331 g/mol. The molecule has 2 saturated heterocycles. The molecule has 132 valence electrons. The Morgan fingerprint density at radius 2 is 1.83 bits per heavy atom. The first-order chi connectivity index (χ1) is 11.8. The molecule has 1 aromatic rings. The summed E-state index contributed by atoms with van der Waals surface area (Å²) >= 11 is 0. The van der Waals surface area contributed by atoms with Crippen molar-refractivity contribution in [3.05, 3.63) is 35.9 Å². The van der Waals surface area contributed by atoms with Gasteiger partial charge < -0.3 is 10.1 Å². The van der Waals surface area contributed by atoms with E-state index in [2.05, 4.69) is 39.4 Å². The highest BCUT2D eigenvalue weighted by atomic mass is 16.5. The lowest BCUT2D eigenvalue weighted by Gasteiger charge is -2.24. The Morgan fingerprint density at radius 3 is 2.62 bits per heavy atom. The molecule has 2 aliphatic heterocycles. The van der Waals surface area contributed by atoms with E-state index in [9.17, 15) is 4.79 Å². The van der Waals surface area contributed by atoms with Gasteiger partial charge in [-0.05, 0) is 37.9 Å². The van der Waals surface area contributed by atoms with Crippen LogP contribution in [0.15, 0.2) is 30.3 Å². The summed E-state index contributed by atoms with van der Waals surface area (Å²) in [5.41, 5.74) is 1.33. The van der Waals surface area contributed by atoms with Crippen LogP contribution in [0.2, 0.25) is 0 Å². The molecular formula is C19H29N3O2. The Hall–Kier alpha value is -1.43. The third kappa shape index (κ3) is 5.58. The molecule has 0 aliphatic carbocycles. The molecule has 1 amide bonds. The number of nitrogens with one attached hydrogen (secondary N) is 1. The summed E-state index contributed by atoms with van der Waals surface area (Å²) in [5.74, 6) is 0.124. The third-order valence-electron chi connectivity index (χ3n) is 4.78. The molecule has 0 saturated carbocycles. The maximum Gasteiger partial charge on any atom is 0.234 e. The van der Waals surface area contributed by atoms with Crippen LogP contribution in [0.3, 0.4) is 0 Å². The van der Waals surface area contributed by atoms with E-state index >= 15 is 0 Å². The van der Waals surface area contributed by atoms with E-state index in [-0.39, 0.29) is 12.0 Å². The van der Waals surface area contributed by atoms with Gasteiger partial charge in [-0.3, -0.25) is 14.6 Å². The summed E-state index contributed by atoms with van der Waals surface area (Å²) in [7, 11) is 0. The Morgan fingerprint density at radius 1 is 1.08 bits per heavy atom. The SMILES string of the molecule is O=C(CN1CCCC1)NC[C@H]1CN(Cc2ccccc2)CCCO1. The van der Waals surface area contributed by atoms with Crippen LogP contribution in [-0.4, -0.2) is 67.7 Å². The fraction of sp³-hybridized carbons (Fsp3) is 0.632. The molecule has 5 nitrogen and oxygen atoms in total. The first-order valence-corrected chi connectivity index (χ1v) is 9.16. The zero-order valence-electron chi connectivity index (χ0n) is 14.5. The first kappa shape index (κ1) is 17.4. The molecule has 0 spiro atoms. The Kier molecular flexibility index (Phi) is 6.64. The van der Waals surface area contributed by atoms with Crippen molar-refractivity contribution in [2.45, 2.75) is 31.9 Å². The summed E-state index contributed by atoms with van der Waals surface area (Å²) in [6.45, 7) is 6.89. The Labute approximate surface area is 145 Å². The van der Waals surface area contributed by atoms with Gasteiger partial charge in [-0.15, -0.1) is 0 Å². The number of amides is 1. The highest BCUT2D eigenvalue weighted by Crippen LogP contribution is 2.11. The highest BCUT2D eigenvalue weighted by molar-refractivity contribution is 5.78. The predicted octanol–water partition coefficient (Wildman–Crippen LogP) is 1.49. The van der Waals surface area contributed by atoms with Gasteiger partial charge in [0.05, 0.1) is 12.6 Å². The minimum atomic E-state index is 0.0822. The van der Waals surface area contributed by atoms with E-state index in [1.165, 1.54) is 18.4 Å². The lowest BCUT2D eigenvalue weighted by Crippen LogP contribution is -2.43. The van der Waals surface area contributed by atoms with Crippen molar-refractivity contribution in [3.8, 4) is 0 Å². The number of carbonyl (C=O) groups is 1. The van der Waals surface area contributed by atoms with E-state index in [1.807, 2.05) is 6.07 Å². The molecule has 0 bridgehead atoms. The molecular weight excluding hydrogens is 302 g/mol. The van der Waals surface area contributed by atoms with Crippen LogP contribution in [0.25, 0.3) is 0 Å². The van der Waals surface area contributed by atoms with E-state index in [4.69, 9.17) is 4.74 Å².